The second-order valence-corrected chi connectivity index (χ2v) is 15.0. The van der Waals surface area contributed by atoms with Crippen molar-refractivity contribution in [1.82, 2.24) is 19.6 Å². The number of aromatic nitrogens is 3. The lowest BCUT2D eigenvalue weighted by atomic mass is 9.94. The van der Waals surface area contributed by atoms with Gasteiger partial charge in [-0.3, -0.25) is 19.3 Å². The third kappa shape index (κ3) is 10.1. The Morgan fingerprint density at radius 2 is 1.79 bits per heavy atom. The number of amides is 2. The van der Waals surface area contributed by atoms with E-state index in [2.05, 4.69) is 33.7 Å². The number of carbonyl (C=O) groups is 4. The second kappa shape index (κ2) is 19.7. The van der Waals surface area contributed by atoms with Crippen molar-refractivity contribution in [2.45, 2.75) is 122 Å². The van der Waals surface area contributed by atoms with E-state index in [-0.39, 0.29) is 46.7 Å². The zero-order chi connectivity index (χ0) is 37.7. The first kappa shape index (κ1) is 40.7. The number of pyridine rings is 1. The Hall–Kier alpha value is -4.05. The van der Waals surface area contributed by atoms with Gasteiger partial charge in [-0.2, -0.15) is 13.9 Å². The standard InChI is InChI=1S/C36H51N7O7S2/c1-5-18-24(6-2)19-14-11-9-8-10-12-15-20-26(44)50-36(4,42-21-16-13-17-22-42)25-23-51-33-28(32(46)43(33)29(25)34(47)48)38-31(45)27(40-49-7-3)30-39-35(37)52-41-30/h13,16-17,21-22,24,28,33H,5-12,14-15,18-20,23H2,1-4H3,(H3-,37,38,39,41,45,47,48)/p+1/b40-27-/t24?,28?,33-,36?/m1/s1. The van der Waals surface area contributed by atoms with Crippen LogP contribution in [0.4, 0.5) is 5.13 Å². The van der Waals surface area contributed by atoms with Crippen molar-refractivity contribution in [3.63, 3.8) is 0 Å². The van der Waals surface area contributed by atoms with Gasteiger partial charge in [-0.1, -0.05) is 89.3 Å². The average Bonchev–Trinajstić information content (AvgIpc) is 3.57. The molecule has 16 heteroatoms. The molecule has 0 saturated carbocycles. The topological polar surface area (TPSA) is 190 Å². The van der Waals surface area contributed by atoms with Crippen LogP contribution < -0.4 is 15.6 Å². The number of esters is 1. The average molecular weight is 759 g/mol. The first-order chi connectivity index (χ1) is 25.0. The Morgan fingerprint density at radius 1 is 1.10 bits per heavy atom. The van der Waals surface area contributed by atoms with E-state index in [1.165, 1.54) is 56.7 Å². The van der Waals surface area contributed by atoms with Crippen molar-refractivity contribution in [3.05, 3.63) is 47.7 Å². The molecule has 0 bridgehead atoms. The molecule has 2 aliphatic rings. The molecule has 4 heterocycles. The molecule has 284 valence electrons. The lowest BCUT2D eigenvalue weighted by molar-refractivity contribution is -0.789. The lowest BCUT2D eigenvalue weighted by Gasteiger charge is -2.50. The number of nitrogens with one attached hydrogen (secondary N) is 1. The number of nitrogens with two attached hydrogens (primary N) is 1. The third-order valence-electron chi connectivity index (χ3n) is 9.46. The number of anilines is 1. The van der Waals surface area contributed by atoms with E-state index in [1.54, 1.807) is 49.0 Å². The minimum atomic E-state index is -1.54. The summed E-state index contributed by atoms with van der Waals surface area (Å²) >= 11 is 2.13. The number of hydrogen-bond acceptors (Lipinski definition) is 12. The number of ether oxygens (including phenoxy) is 1. The second-order valence-electron chi connectivity index (χ2n) is 13.1. The van der Waals surface area contributed by atoms with Gasteiger partial charge in [0, 0.05) is 42.8 Å². The van der Waals surface area contributed by atoms with Gasteiger partial charge in [-0.25, -0.2) is 4.79 Å². The number of nitrogen functional groups attached to an aromatic ring is 1. The molecule has 3 unspecified atom stereocenters. The maximum atomic E-state index is 13.6. The molecule has 14 nitrogen and oxygen atoms in total. The van der Waals surface area contributed by atoms with Gasteiger partial charge in [0.2, 0.25) is 11.5 Å². The number of thioether (sulfide) groups is 1. The predicted molar refractivity (Wildman–Crippen MR) is 199 cm³/mol. The summed E-state index contributed by atoms with van der Waals surface area (Å²) in [7, 11) is 0. The molecule has 0 spiro atoms. The van der Waals surface area contributed by atoms with Crippen molar-refractivity contribution in [2.75, 3.05) is 18.1 Å². The van der Waals surface area contributed by atoms with Crippen molar-refractivity contribution in [3.8, 4) is 0 Å². The minimum absolute atomic E-state index is 0.0579. The monoisotopic (exact) mass is 758 g/mol. The SMILES string of the molecule is CCCC(CC)CCCCCCCCCC(=O)OC(C)(C1=C(C(=O)O)N2C(=O)C(NC(=O)/C(=N\OCC)c3nsc(N)n3)[C@H]2SC1)[n+]1ccccc1. The van der Waals surface area contributed by atoms with Crippen LogP contribution in [0.3, 0.4) is 0 Å². The molecule has 1 saturated heterocycles. The van der Waals surface area contributed by atoms with Crippen LogP contribution in [0, 0.1) is 5.92 Å². The van der Waals surface area contributed by atoms with E-state index in [0.717, 1.165) is 41.6 Å². The molecule has 0 aliphatic carbocycles. The highest BCUT2D eigenvalue weighted by molar-refractivity contribution is 8.00. The van der Waals surface area contributed by atoms with Crippen molar-refractivity contribution in [2.24, 2.45) is 11.1 Å². The number of carboxylic acids is 1. The van der Waals surface area contributed by atoms with Crippen molar-refractivity contribution >= 4 is 57.9 Å². The number of nitrogens with zero attached hydrogens (tertiary/aromatic N) is 5. The van der Waals surface area contributed by atoms with E-state index < -0.39 is 40.9 Å². The Balaban J connectivity index is 1.41. The number of oxime groups is 1. The minimum Gasteiger partial charge on any atom is -0.477 e. The van der Waals surface area contributed by atoms with Gasteiger partial charge in [0.25, 0.3) is 11.8 Å². The number of aliphatic carboxylic acids is 1. The Kier molecular flexibility index (Phi) is 15.4. The summed E-state index contributed by atoms with van der Waals surface area (Å²) in [5, 5.41) is 16.3. The quantitative estimate of drug-likeness (QED) is 0.0360. The molecule has 0 aromatic carbocycles. The first-order valence-electron chi connectivity index (χ1n) is 18.3. The molecule has 2 aromatic heterocycles. The maximum Gasteiger partial charge on any atom is 0.353 e. The Labute approximate surface area is 313 Å². The molecule has 4 atom stereocenters. The zero-order valence-electron chi connectivity index (χ0n) is 30.5. The lowest BCUT2D eigenvalue weighted by Crippen LogP contribution is -2.72. The van der Waals surface area contributed by atoms with Crippen LogP contribution >= 0.6 is 23.3 Å². The summed E-state index contributed by atoms with van der Waals surface area (Å²) in [6.45, 7) is 8.02. The van der Waals surface area contributed by atoms with E-state index in [0.29, 0.717) is 6.42 Å². The van der Waals surface area contributed by atoms with Crippen LogP contribution in [0.25, 0.3) is 0 Å². The van der Waals surface area contributed by atoms with Gasteiger partial charge in [-0.15, -0.1) is 11.8 Å². The van der Waals surface area contributed by atoms with Crippen LogP contribution in [0.2, 0.25) is 0 Å². The van der Waals surface area contributed by atoms with Crippen LogP contribution in [0.1, 0.15) is 111 Å². The number of rotatable bonds is 22. The fourth-order valence-electron chi connectivity index (χ4n) is 6.60. The first-order valence-corrected chi connectivity index (χ1v) is 20.1. The summed E-state index contributed by atoms with van der Waals surface area (Å²) in [6, 6.07) is 4.24. The predicted octanol–water partition coefficient (Wildman–Crippen LogP) is 5.14. The van der Waals surface area contributed by atoms with Crippen LogP contribution in [0.5, 0.6) is 0 Å². The summed E-state index contributed by atoms with van der Waals surface area (Å²) in [5.74, 6) is -2.33. The maximum absolute atomic E-state index is 13.6. The molecular weight excluding hydrogens is 707 g/mol. The molecule has 52 heavy (non-hydrogen) atoms. The smallest absolute Gasteiger partial charge is 0.353 e. The third-order valence-corrected chi connectivity index (χ3v) is 11.3. The van der Waals surface area contributed by atoms with E-state index in [9.17, 15) is 24.3 Å². The Bertz CT molecular complexity index is 1600. The molecule has 0 radical (unpaired) electrons. The van der Waals surface area contributed by atoms with E-state index in [1.807, 2.05) is 0 Å². The van der Waals surface area contributed by atoms with Gasteiger partial charge < -0.3 is 25.7 Å². The number of carboxylic acid groups (broad SMARTS) is 1. The Morgan fingerprint density at radius 3 is 2.40 bits per heavy atom. The zero-order valence-corrected chi connectivity index (χ0v) is 32.2. The summed E-state index contributed by atoms with van der Waals surface area (Å²) in [4.78, 5) is 63.3. The molecule has 4 rings (SSSR count). The molecule has 2 aromatic rings. The van der Waals surface area contributed by atoms with Gasteiger partial charge in [0.1, 0.15) is 23.7 Å². The fraction of sp³-hybridized carbons (Fsp3) is 0.611. The van der Waals surface area contributed by atoms with Gasteiger partial charge in [0.15, 0.2) is 17.5 Å². The van der Waals surface area contributed by atoms with Gasteiger partial charge >= 0.3 is 17.7 Å². The summed E-state index contributed by atoms with van der Waals surface area (Å²) in [5.41, 5.74) is 3.84. The van der Waals surface area contributed by atoms with E-state index in [4.69, 9.17) is 15.3 Å². The number of unbranched alkanes of at least 4 members (excludes halogenated alkanes) is 6. The van der Waals surface area contributed by atoms with Crippen molar-refractivity contribution in [1.29, 1.82) is 0 Å². The number of carbonyl (C=O) groups excluding carboxylic acids is 3. The number of hydrogen-bond donors (Lipinski definition) is 3. The highest BCUT2D eigenvalue weighted by Gasteiger charge is 2.59. The molecule has 2 aliphatic heterocycles. The van der Waals surface area contributed by atoms with Crippen molar-refractivity contribution < 1.29 is 38.4 Å². The number of fused-ring (bicyclic) bond motifs is 1. The molecule has 1 fully saturated rings. The number of β-lactam (4-membered cyclic amide) rings is 1. The molecule has 2 amide bonds. The van der Waals surface area contributed by atoms with Crippen LogP contribution in [0.15, 0.2) is 47.0 Å². The molecular formula is C36H52N7O7S2+. The highest BCUT2D eigenvalue weighted by atomic mass is 32.2. The molecule has 4 N–H and O–H groups in total. The van der Waals surface area contributed by atoms with E-state index >= 15 is 0 Å². The fourth-order valence-corrected chi connectivity index (χ4v) is 8.51. The summed E-state index contributed by atoms with van der Waals surface area (Å²) in [6.07, 6.45) is 16.1. The van der Waals surface area contributed by atoms with Crippen LogP contribution in [-0.2, 0) is 34.5 Å². The largest absolute Gasteiger partial charge is 0.477 e. The van der Waals surface area contributed by atoms with Gasteiger partial charge in [0.05, 0.1) is 5.57 Å². The van der Waals surface area contributed by atoms with Crippen LogP contribution in [-0.4, -0.2) is 72.6 Å². The normalized spacial score (nSPS) is 19.0. The van der Waals surface area contributed by atoms with Gasteiger partial charge in [-0.05, 0) is 19.3 Å². The summed E-state index contributed by atoms with van der Waals surface area (Å²) < 4.78 is 11.8. The highest BCUT2D eigenvalue weighted by Crippen LogP contribution is 2.44.